The lowest BCUT2D eigenvalue weighted by Crippen LogP contribution is -2.34. The van der Waals surface area contributed by atoms with Gasteiger partial charge in [-0.1, -0.05) is 17.4 Å². The molecule has 1 N–H and O–H groups in total. The molecule has 0 saturated carbocycles. The van der Waals surface area contributed by atoms with Gasteiger partial charge in [0.25, 0.3) is 0 Å². The minimum Gasteiger partial charge on any atom is -0.377 e. The number of aromatic nitrogens is 3. The Kier molecular flexibility index (Phi) is 5.89. The zero-order chi connectivity index (χ0) is 18.5. The summed E-state index contributed by atoms with van der Waals surface area (Å²) >= 11 is 1.31. The van der Waals surface area contributed by atoms with Crippen LogP contribution in [0, 0.1) is 12.8 Å². The van der Waals surface area contributed by atoms with E-state index >= 15 is 0 Å². The highest BCUT2D eigenvalue weighted by Crippen LogP contribution is 2.28. The molecule has 1 unspecified atom stereocenters. The van der Waals surface area contributed by atoms with Crippen LogP contribution in [0.3, 0.4) is 0 Å². The fraction of sp³-hybridized carbons (Fsp3) is 0.471. The van der Waals surface area contributed by atoms with Crippen LogP contribution in [0.25, 0.3) is 0 Å². The molecule has 0 spiro atoms. The summed E-state index contributed by atoms with van der Waals surface area (Å²) in [4.78, 5) is 30.5. The minimum atomic E-state index is -0.373. The zero-order valence-corrected chi connectivity index (χ0v) is 15.6. The SMILES string of the molecule is COCc1nnc(N2CC(C(=O)NCCc3ncccc3C)CC2=O)s1. The minimum absolute atomic E-state index is 0.106. The standard InChI is InChI=1S/C17H21N5O3S/c1-11-4-3-6-18-13(11)5-7-19-16(24)12-8-15(23)22(9-12)17-21-20-14(26-17)10-25-2/h3-4,6,12H,5,7-10H2,1-2H3,(H,19,24). The van der Waals surface area contributed by atoms with Crippen molar-refractivity contribution in [2.24, 2.45) is 5.92 Å². The molecule has 26 heavy (non-hydrogen) atoms. The van der Waals surface area contributed by atoms with Crippen LogP contribution < -0.4 is 10.2 Å². The summed E-state index contributed by atoms with van der Waals surface area (Å²) in [5, 5.41) is 12.1. The number of nitrogens with zero attached hydrogens (tertiary/aromatic N) is 4. The number of hydrogen-bond donors (Lipinski definition) is 1. The van der Waals surface area contributed by atoms with Gasteiger partial charge in [0.15, 0.2) is 0 Å². The van der Waals surface area contributed by atoms with Crippen LogP contribution in [0.1, 0.15) is 22.7 Å². The van der Waals surface area contributed by atoms with E-state index in [9.17, 15) is 9.59 Å². The first-order chi connectivity index (χ1) is 12.6. The van der Waals surface area contributed by atoms with Gasteiger partial charge in [-0.2, -0.15) is 0 Å². The molecule has 2 amide bonds. The van der Waals surface area contributed by atoms with Crippen molar-refractivity contribution in [3.8, 4) is 0 Å². The van der Waals surface area contributed by atoms with Crippen LogP contribution in [0.5, 0.6) is 0 Å². The smallest absolute Gasteiger partial charge is 0.229 e. The van der Waals surface area contributed by atoms with Crippen molar-refractivity contribution in [2.75, 3.05) is 25.1 Å². The summed E-state index contributed by atoms with van der Waals surface area (Å²) in [6, 6.07) is 3.89. The third-order valence-corrected chi connectivity index (χ3v) is 5.15. The zero-order valence-electron chi connectivity index (χ0n) is 14.8. The topological polar surface area (TPSA) is 97.3 Å². The molecule has 8 nitrogen and oxygen atoms in total. The molecule has 1 atom stereocenters. The lowest BCUT2D eigenvalue weighted by atomic mass is 10.1. The molecule has 0 radical (unpaired) electrons. The number of ether oxygens (including phenoxy) is 1. The van der Waals surface area contributed by atoms with Crippen molar-refractivity contribution < 1.29 is 14.3 Å². The summed E-state index contributed by atoms with van der Waals surface area (Å²) in [5.74, 6) is -0.594. The maximum atomic E-state index is 12.4. The summed E-state index contributed by atoms with van der Waals surface area (Å²) in [6.45, 7) is 3.18. The van der Waals surface area contributed by atoms with Crippen molar-refractivity contribution >= 4 is 28.3 Å². The summed E-state index contributed by atoms with van der Waals surface area (Å²) in [7, 11) is 1.58. The van der Waals surface area contributed by atoms with Gasteiger partial charge < -0.3 is 10.1 Å². The average molecular weight is 375 g/mol. The number of carbonyl (C=O) groups excluding carboxylic acids is 2. The number of nitrogens with one attached hydrogen (secondary N) is 1. The largest absolute Gasteiger partial charge is 0.377 e. The molecule has 2 aromatic heterocycles. The molecule has 0 aliphatic carbocycles. The number of methoxy groups -OCH3 is 1. The highest BCUT2D eigenvalue weighted by molar-refractivity contribution is 7.15. The highest BCUT2D eigenvalue weighted by Gasteiger charge is 2.36. The first-order valence-electron chi connectivity index (χ1n) is 8.38. The number of pyridine rings is 1. The normalized spacial score (nSPS) is 16.9. The summed E-state index contributed by atoms with van der Waals surface area (Å²) < 4.78 is 5.01. The van der Waals surface area contributed by atoms with E-state index < -0.39 is 0 Å². The molecule has 0 aromatic carbocycles. The molecule has 1 saturated heterocycles. The molecule has 1 aliphatic rings. The van der Waals surface area contributed by atoms with Crippen molar-refractivity contribution in [1.82, 2.24) is 20.5 Å². The fourth-order valence-electron chi connectivity index (χ4n) is 2.83. The lowest BCUT2D eigenvalue weighted by molar-refractivity contribution is -0.126. The van der Waals surface area contributed by atoms with Crippen molar-refractivity contribution in [3.05, 3.63) is 34.6 Å². The van der Waals surface area contributed by atoms with E-state index in [1.165, 1.54) is 16.2 Å². The Morgan fingerprint density at radius 1 is 1.46 bits per heavy atom. The second-order valence-electron chi connectivity index (χ2n) is 6.12. The van der Waals surface area contributed by atoms with Gasteiger partial charge >= 0.3 is 0 Å². The summed E-state index contributed by atoms with van der Waals surface area (Å²) in [6.07, 6.45) is 2.60. The van der Waals surface area contributed by atoms with Crippen molar-refractivity contribution in [1.29, 1.82) is 0 Å². The maximum absolute atomic E-state index is 12.4. The Morgan fingerprint density at radius 2 is 2.31 bits per heavy atom. The molecular formula is C17H21N5O3S. The van der Waals surface area contributed by atoms with E-state index in [2.05, 4.69) is 20.5 Å². The molecule has 1 fully saturated rings. The third-order valence-electron chi connectivity index (χ3n) is 4.23. The van der Waals surface area contributed by atoms with Crippen LogP contribution in [-0.2, 0) is 27.4 Å². The molecule has 0 bridgehead atoms. The van der Waals surface area contributed by atoms with E-state index in [-0.39, 0.29) is 24.2 Å². The third kappa shape index (κ3) is 4.23. The second-order valence-corrected chi connectivity index (χ2v) is 7.17. The van der Waals surface area contributed by atoms with Crippen molar-refractivity contribution in [2.45, 2.75) is 26.4 Å². The lowest BCUT2D eigenvalue weighted by Gasteiger charge is -2.13. The van der Waals surface area contributed by atoms with Gasteiger partial charge in [0, 0.05) is 44.9 Å². The quantitative estimate of drug-likeness (QED) is 0.778. The molecule has 2 aromatic rings. The molecule has 138 valence electrons. The van der Waals surface area contributed by atoms with Crippen LogP contribution in [0.15, 0.2) is 18.3 Å². The summed E-state index contributed by atoms with van der Waals surface area (Å²) in [5.41, 5.74) is 2.07. The highest BCUT2D eigenvalue weighted by atomic mass is 32.1. The number of anilines is 1. The first kappa shape index (κ1) is 18.4. The molecule has 9 heteroatoms. The number of hydrogen-bond acceptors (Lipinski definition) is 7. The number of amides is 2. The Hall–Kier alpha value is -2.39. The molecule has 3 rings (SSSR count). The molecular weight excluding hydrogens is 354 g/mol. The number of rotatable bonds is 7. The van der Waals surface area contributed by atoms with E-state index in [1.807, 2.05) is 19.1 Å². The van der Waals surface area contributed by atoms with Gasteiger partial charge in [-0.3, -0.25) is 19.5 Å². The van der Waals surface area contributed by atoms with Gasteiger partial charge in [0.2, 0.25) is 16.9 Å². The number of carbonyl (C=O) groups is 2. The Bertz CT molecular complexity index is 794. The monoisotopic (exact) mass is 375 g/mol. The van der Waals surface area contributed by atoms with Gasteiger partial charge in [-0.25, -0.2) is 0 Å². The second kappa shape index (κ2) is 8.33. The van der Waals surface area contributed by atoms with Gasteiger partial charge in [-0.05, 0) is 18.6 Å². The Morgan fingerprint density at radius 3 is 3.08 bits per heavy atom. The average Bonchev–Trinajstić information content (AvgIpc) is 3.23. The fourth-order valence-corrected chi connectivity index (χ4v) is 3.67. The van der Waals surface area contributed by atoms with E-state index in [4.69, 9.17) is 4.74 Å². The van der Waals surface area contributed by atoms with E-state index in [0.717, 1.165) is 11.3 Å². The predicted molar refractivity (Wildman–Crippen MR) is 96.8 cm³/mol. The van der Waals surface area contributed by atoms with E-state index in [1.54, 1.807) is 13.3 Å². The van der Waals surface area contributed by atoms with Crippen molar-refractivity contribution in [3.63, 3.8) is 0 Å². The van der Waals surface area contributed by atoms with Crippen LogP contribution in [0.2, 0.25) is 0 Å². The maximum Gasteiger partial charge on any atom is 0.229 e. The van der Waals surface area contributed by atoms with Gasteiger partial charge in [0.1, 0.15) is 11.6 Å². The van der Waals surface area contributed by atoms with Crippen LogP contribution >= 0.6 is 11.3 Å². The first-order valence-corrected chi connectivity index (χ1v) is 9.20. The van der Waals surface area contributed by atoms with Gasteiger partial charge in [-0.15, -0.1) is 10.2 Å². The van der Waals surface area contributed by atoms with Crippen LogP contribution in [-0.4, -0.2) is 47.2 Å². The molecule has 3 heterocycles. The molecule has 1 aliphatic heterocycles. The predicted octanol–water partition coefficient (Wildman–Crippen LogP) is 1.10. The number of aryl methyl sites for hydroxylation is 1. The Balaban J connectivity index is 1.52. The van der Waals surface area contributed by atoms with Gasteiger partial charge in [0.05, 0.1) is 5.92 Å². The van der Waals surface area contributed by atoms with E-state index in [0.29, 0.717) is 36.3 Å². The van der Waals surface area contributed by atoms with Crippen LogP contribution in [0.4, 0.5) is 5.13 Å². The Labute approximate surface area is 155 Å².